The second-order valence-electron chi connectivity index (χ2n) is 18.4. The highest BCUT2D eigenvalue weighted by Gasteiger charge is 2.28. The van der Waals surface area contributed by atoms with Crippen LogP contribution >= 0.6 is 7.82 Å². The molecule has 12 heteroatoms. The molecule has 0 saturated carbocycles. The molecule has 11 nitrogen and oxygen atoms in total. The number of rotatable bonds is 51. The first-order valence-corrected chi connectivity index (χ1v) is 29.0. The third kappa shape index (κ3) is 48.5. The minimum atomic E-state index is -4.75. The molecule has 0 radical (unpaired) electrons. The zero-order valence-electron chi connectivity index (χ0n) is 43.6. The number of hydrogen-bond donors (Lipinski definition) is 2. The maximum absolute atomic E-state index is 12.9. The molecule has 0 spiro atoms. The van der Waals surface area contributed by atoms with Crippen LogP contribution in [0.3, 0.4) is 0 Å². The summed E-state index contributed by atoms with van der Waals surface area (Å²) in [6.07, 6.45) is 52.1. The number of allylic oxidation sites excluding steroid dienone is 8. The van der Waals surface area contributed by atoms with Crippen molar-refractivity contribution < 1.29 is 52.2 Å². The SMILES string of the molecule is CCCC/C=C\CCCCCCCC(=O)OC(CO)COP(=O)(O)OCC(COC(=O)CCCCCCC/C=C\CCCCCCCC)OC(=O)CCCCCCC/C=C\C/C=C\CCCCC. The van der Waals surface area contributed by atoms with Crippen molar-refractivity contribution >= 4 is 25.7 Å². The molecule has 68 heavy (non-hydrogen) atoms. The molecule has 0 saturated heterocycles. The fourth-order valence-corrected chi connectivity index (χ4v) is 8.20. The Morgan fingerprint density at radius 3 is 1.18 bits per heavy atom. The van der Waals surface area contributed by atoms with Gasteiger partial charge in [-0.25, -0.2) is 4.57 Å². The second-order valence-corrected chi connectivity index (χ2v) is 19.8. The first-order chi connectivity index (χ1) is 33.2. The van der Waals surface area contributed by atoms with Gasteiger partial charge in [0.1, 0.15) is 12.7 Å². The van der Waals surface area contributed by atoms with Gasteiger partial charge in [0.25, 0.3) is 0 Å². The maximum atomic E-state index is 12.9. The average Bonchev–Trinajstić information content (AvgIpc) is 3.32. The van der Waals surface area contributed by atoms with Crippen LogP contribution in [0.4, 0.5) is 0 Å². The van der Waals surface area contributed by atoms with Crippen LogP contribution in [0.15, 0.2) is 48.6 Å². The average molecular weight is 981 g/mol. The fourth-order valence-electron chi connectivity index (χ4n) is 7.42. The minimum Gasteiger partial charge on any atom is -0.462 e. The molecule has 0 aliphatic rings. The molecule has 0 aromatic heterocycles. The van der Waals surface area contributed by atoms with E-state index in [1.54, 1.807) is 0 Å². The summed E-state index contributed by atoms with van der Waals surface area (Å²) in [6.45, 7) is 4.54. The summed E-state index contributed by atoms with van der Waals surface area (Å²) in [5, 5.41) is 9.77. The van der Waals surface area contributed by atoms with Crippen molar-refractivity contribution in [2.24, 2.45) is 0 Å². The van der Waals surface area contributed by atoms with Gasteiger partial charge in [-0.2, -0.15) is 0 Å². The van der Waals surface area contributed by atoms with E-state index in [1.165, 1.54) is 70.6 Å². The lowest BCUT2D eigenvalue weighted by Crippen LogP contribution is -2.30. The Bertz CT molecular complexity index is 1330. The van der Waals surface area contributed by atoms with Crippen LogP contribution in [-0.4, -0.2) is 66.5 Å². The molecular formula is C56H101O11P. The number of unbranched alkanes of at least 4 members (excludes halogenated alkanes) is 26. The van der Waals surface area contributed by atoms with Gasteiger partial charge < -0.3 is 24.2 Å². The molecule has 0 aliphatic heterocycles. The van der Waals surface area contributed by atoms with Gasteiger partial charge in [0, 0.05) is 19.3 Å². The van der Waals surface area contributed by atoms with Crippen LogP contribution in [0.25, 0.3) is 0 Å². The first-order valence-electron chi connectivity index (χ1n) is 27.5. The highest BCUT2D eigenvalue weighted by atomic mass is 31.2. The number of aliphatic hydroxyl groups excluding tert-OH is 1. The van der Waals surface area contributed by atoms with Gasteiger partial charge in [-0.15, -0.1) is 0 Å². The number of phosphoric ester groups is 1. The van der Waals surface area contributed by atoms with Crippen molar-refractivity contribution in [2.75, 3.05) is 26.4 Å². The molecular weight excluding hydrogens is 880 g/mol. The Balaban J connectivity index is 4.77. The highest BCUT2D eigenvalue weighted by molar-refractivity contribution is 7.47. The van der Waals surface area contributed by atoms with E-state index in [0.717, 1.165) is 122 Å². The standard InChI is InChI=1S/C56H101O11P/c1-4-7-10-13-16-19-22-24-26-28-31-33-36-39-42-45-54(58)63-49-53(67-56(60)47-44-41-38-35-32-29-27-25-23-20-17-14-11-8-5-2)51-65-68(61,62)64-50-52(48-57)66-55(59)46-43-40-37-34-30-21-18-15-12-9-6-3/h15,17-18,20,24-27,52-53,57H,4-14,16,19,21-23,28-51H2,1-3H3,(H,61,62)/b18-15-,20-17-,26-24-,27-25-. The Morgan fingerprint density at radius 2 is 0.735 bits per heavy atom. The maximum Gasteiger partial charge on any atom is 0.472 e. The van der Waals surface area contributed by atoms with E-state index in [2.05, 4.69) is 69.4 Å². The van der Waals surface area contributed by atoms with Crippen LogP contribution in [0, 0.1) is 0 Å². The van der Waals surface area contributed by atoms with E-state index in [0.29, 0.717) is 19.3 Å². The molecule has 0 bridgehead atoms. The zero-order chi connectivity index (χ0) is 49.9. The third-order valence-corrected chi connectivity index (χ3v) is 12.6. The van der Waals surface area contributed by atoms with Crippen molar-refractivity contribution in [2.45, 2.75) is 264 Å². The molecule has 0 fully saturated rings. The number of carbonyl (C=O) groups excluding carboxylic acids is 3. The topological polar surface area (TPSA) is 155 Å². The van der Waals surface area contributed by atoms with Crippen molar-refractivity contribution in [3.05, 3.63) is 48.6 Å². The number of carbonyl (C=O) groups is 3. The molecule has 3 atom stereocenters. The smallest absolute Gasteiger partial charge is 0.462 e. The second kappa shape index (κ2) is 50.8. The molecule has 0 rings (SSSR count). The number of ether oxygens (including phenoxy) is 3. The Kier molecular flexibility index (Phi) is 48.9. The van der Waals surface area contributed by atoms with Gasteiger partial charge in [0.05, 0.1) is 19.8 Å². The van der Waals surface area contributed by atoms with Crippen LogP contribution < -0.4 is 0 Å². The highest BCUT2D eigenvalue weighted by Crippen LogP contribution is 2.43. The molecule has 3 unspecified atom stereocenters. The molecule has 0 amide bonds. The normalized spacial score (nSPS) is 13.8. The van der Waals surface area contributed by atoms with Gasteiger partial charge in [-0.3, -0.25) is 23.4 Å². The van der Waals surface area contributed by atoms with E-state index < -0.39 is 57.8 Å². The van der Waals surface area contributed by atoms with Crippen molar-refractivity contribution in [3.8, 4) is 0 Å². The van der Waals surface area contributed by atoms with E-state index >= 15 is 0 Å². The third-order valence-electron chi connectivity index (χ3n) is 11.7. The summed E-state index contributed by atoms with van der Waals surface area (Å²) in [7, 11) is -4.75. The van der Waals surface area contributed by atoms with Crippen LogP contribution in [0.1, 0.15) is 252 Å². The Labute approximate surface area is 415 Å². The summed E-state index contributed by atoms with van der Waals surface area (Å²) >= 11 is 0. The van der Waals surface area contributed by atoms with Crippen LogP contribution in [-0.2, 0) is 42.2 Å². The van der Waals surface area contributed by atoms with Crippen molar-refractivity contribution in [3.63, 3.8) is 0 Å². The largest absolute Gasteiger partial charge is 0.472 e. The molecule has 0 aromatic carbocycles. The first kappa shape index (κ1) is 65.4. The van der Waals surface area contributed by atoms with Gasteiger partial charge in [-0.05, 0) is 96.3 Å². The lowest BCUT2D eigenvalue weighted by atomic mass is 10.1. The predicted octanol–water partition coefficient (Wildman–Crippen LogP) is 15.8. The van der Waals surface area contributed by atoms with Crippen LogP contribution in [0.5, 0.6) is 0 Å². The monoisotopic (exact) mass is 981 g/mol. The number of aliphatic hydroxyl groups is 1. The summed E-state index contributed by atoms with van der Waals surface area (Å²) in [5.41, 5.74) is 0. The lowest BCUT2D eigenvalue weighted by Gasteiger charge is -2.21. The van der Waals surface area contributed by atoms with E-state index in [-0.39, 0.29) is 25.9 Å². The van der Waals surface area contributed by atoms with Crippen molar-refractivity contribution in [1.29, 1.82) is 0 Å². The molecule has 0 heterocycles. The van der Waals surface area contributed by atoms with E-state index in [9.17, 15) is 28.9 Å². The number of esters is 3. The minimum absolute atomic E-state index is 0.150. The Hall–Kier alpha value is -2.56. The zero-order valence-corrected chi connectivity index (χ0v) is 44.5. The number of phosphoric acid groups is 1. The van der Waals surface area contributed by atoms with Gasteiger partial charge >= 0.3 is 25.7 Å². The predicted molar refractivity (Wildman–Crippen MR) is 279 cm³/mol. The fraction of sp³-hybridized carbons (Fsp3) is 0.804. The van der Waals surface area contributed by atoms with E-state index in [4.69, 9.17) is 23.3 Å². The van der Waals surface area contributed by atoms with Crippen molar-refractivity contribution in [1.82, 2.24) is 0 Å². The summed E-state index contributed by atoms with van der Waals surface area (Å²) in [6, 6.07) is 0. The quantitative estimate of drug-likeness (QED) is 0.0197. The number of hydrogen-bond acceptors (Lipinski definition) is 10. The summed E-state index contributed by atoms with van der Waals surface area (Å²) in [5.74, 6) is -1.49. The molecule has 2 N–H and O–H groups in total. The summed E-state index contributed by atoms with van der Waals surface area (Å²) in [4.78, 5) is 48.4. The molecule has 0 aliphatic carbocycles. The Morgan fingerprint density at radius 1 is 0.412 bits per heavy atom. The van der Waals surface area contributed by atoms with Crippen LogP contribution in [0.2, 0.25) is 0 Å². The summed E-state index contributed by atoms with van der Waals surface area (Å²) < 4.78 is 39.4. The van der Waals surface area contributed by atoms with Gasteiger partial charge in [-0.1, -0.05) is 185 Å². The molecule has 396 valence electrons. The van der Waals surface area contributed by atoms with E-state index in [1.807, 2.05) is 0 Å². The van der Waals surface area contributed by atoms with Gasteiger partial charge in [0.2, 0.25) is 0 Å². The molecule has 0 aromatic rings. The lowest BCUT2D eigenvalue weighted by molar-refractivity contribution is -0.161. The van der Waals surface area contributed by atoms with Gasteiger partial charge in [0.15, 0.2) is 6.10 Å².